The number of carbonyl (C=O) groups excluding carboxylic acids is 2. The first kappa shape index (κ1) is 17.7. The van der Waals surface area contributed by atoms with Crippen LogP contribution in [0.3, 0.4) is 0 Å². The summed E-state index contributed by atoms with van der Waals surface area (Å²) in [7, 11) is -3.37. The van der Waals surface area contributed by atoms with Gasteiger partial charge < -0.3 is 15.8 Å². The Morgan fingerprint density at radius 1 is 1.19 bits per heavy atom. The van der Waals surface area contributed by atoms with E-state index in [0.717, 1.165) is 0 Å². The van der Waals surface area contributed by atoms with Gasteiger partial charge in [0.25, 0.3) is 0 Å². The fraction of sp³-hybridized carbons (Fsp3) is 0.385. The van der Waals surface area contributed by atoms with Gasteiger partial charge >= 0.3 is 0 Å². The maximum atomic E-state index is 11.7. The summed E-state index contributed by atoms with van der Waals surface area (Å²) in [4.78, 5) is 22.4. The van der Waals surface area contributed by atoms with Gasteiger partial charge in [-0.15, -0.1) is 0 Å². The van der Waals surface area contributed by atoms with E-state index in [2.05, 4.69) is 5.32 Å². The zero-order valence-corrected chi connectivity index (χ0v) is 13.5. The van der Waals surface area contributed by atoms with Crippen LogP contribution in [0.15, 0.2) is 24.3 Å². The third-order valence-electron chi connectivity index (χ3n) is 2.71. The quantitative estimate of drug-likeness (QED) is 0.411. The number of para-hydroxylation sites is 2. The Morgan fingerprint density at radius 2 is 1.86 bits per heavy atom. The fourth-order valence-electron chi connectivity index (χ4n) is 1.72. The first-order chi connectivity index (χ1) is 9.80. The van der Waals surface area contributed by atoms with Crippen LogP contribution in [0.4, 0.5) is 11.4 Å². The van der Waals surface area contributed by atoms with Crippen molar-refractivity contribution in [3.8, 4) is 0 Å². The van der Waals surface area contributed by atoms with Gasteiger partial charge in [0.05, 0.1) is 22.9 Å². The molecular weight excluding hydrogens is 307 g/mol. The topological polar surface area (TPSA) is 106 Å². The number of carbonyl (C=O) groups is 2. The van der Waals surface area contributed by atoms with Gasteiger partial charge in [-0.25, -0.2) is 8.42 Å². The van der Waals surface area contributed by atoms with Gasteiger partial charge in [-0.3, -0.25) is 4.79 Å². The van der Waals surface area contributed by atoms with Gasteiger partial charge in [0.15, 0.2) is 9.84 Å². The van der Waals surface area contributed by atoms with Crippen molar-refractivity contribution in [3.05, 3.63) is 24.3 Å². The van der Waals surface area contributed by atoms with Crippen LogP contribution >= 0.6 is 0 Å². The van der Waals surface area contributed by atoms with Crippen molar-refractivity contribution in [2.75, 3.05) is 22.6 Å². The summed E-state index contributed by atoms with van der Waals surface area (Å²) < 4.78 is 22.5. The molecular formula is C13H17AlN2O4S. The maximum Gasteiger partial charge on any atom is 0.243 e. The molecule has 0 atom stereocenters. The van der Waals surface area contributed by atoms with Crippen LogP contribution in [-0.2, 0) is 19.4 Å². The van der Waals surface area contributed by atoms with E-state index in [-0.39, 0.29) is 18.1 Å². The zero-order valence-electron chi connectivity index (χ0n) is 11.5. The molecule has 0 aliphatic rings. The minimum atomic E-state index is -3.37. The Labute approximate surface area is 132 Å². The molecule has 21 heavy (non-hydrogen) atoms. The van der Waals surface area contributed by atoms with Crippen LogP contribution in [0.25, 0.3) is 0 Å². The number of hydrogen-bond donors (Lipinski definition) is 2. The molecule has 0 unspecified atom stereocenters. The van der Waals surface area contributed by atoms with Crippen molar-refractivity contribution in [1.82, 2.24) is 0 Å². The molecule has 0 heterocycles. The molecule has 0 aliphatic heterocycles. The van der Waals surface area contributed by atoms with Gasteiger partial charge in [0, 0.05) is 11.1 Å². The van der Waals surface area contributed by atoms with Crippen LogP contribution in [0.2, 0.25) is 0 Å². The van der Waals surface area contributed by atoms with E-state index in [1.807, 2.05) is 16.3 Å². The molecule has 1 aromatic rings. The lowest BCUT2D eigenvalue weighted by Gasteiger charge is -2.07. The average Bonchev–Trinajstić information content (AvgIpc) is 2.36. The van der Waals surface area contributed by atoms with E-state index in [9.17, 15) is 18.0 Å². The van der Waals surface area contributed by atoms with E-state index >= 15 is 0 Å². The molecule has 6 nitrogen and oxygen atoms in total. The zero-order chi connectivity index (χ0) is 15.9. The highest BCUT2D eigenvalue weighted by atomic mass is 32.2. The minimum absolute atomic E-state index is 0.0894. The summed E-state index contributed by atoms with van der Waals surface area (Å²) in [5.74, 6) is -0.773. The number of amides is 1. The monoisotopic (exact) mass is 324 g/mol. The second-order valence-electron chi connectivity index (χ2n) is 4.65. The third kappa shape index (κ3) is 7.27. The second-order valence-corrected chi connectivity index (χ2v) is 7.48. The van der Waals surface area contributed by atoms with Gasteiger partial charge in [0.2, 0.25) is 22.2 Å². The number of sulfone groups is 1. The van der Waals surface area contributed by atoms with E-state index in [0.29, 0.717) is 24.2 Å². The number of nitrogen functional groups attached to an aromatic ring is 1. The number of benzene rings is 1. The highest BCUT2D eigenvalue weighted by Gasteiger charge is 2.13. The highest BCUT2D eigenvalue weighted by molar-refractivity contribution is 7.92. The number of unbranched alkanes of at least 4 members (excludes halogenated alkanes) is 1. The van der Waals surface area contributed by atoms with E-state index in [4.69, 9.17) is 5.73 Å². The summed E-state index contributed by atoms with van der Waals surface area (Å²) >= 11 is 1.84. The molecule has 1 aromatic carbocycles. The minimum Gasteiger partial charge on any atom is -0.397 e. The third-order valence-corrected chi connectivity index (χ3v) is 4.84. The molecule has 8 heteroatoms. The standard InChI is InChI=1S/C13H17N2O4S.Al/c14-11-5-1-2-6-12(11)15-13(17)7-3-4-9-20(18,19)10-8-16;/h1-2,5-6H,3-4,7,9-10,14H2,(H,15,17);. The second kappa shape index (κ2) is 8.17. The Hall–Kier alpha value is -1.36. The van der Waals surface area contributed by atoms with Crippen molar-refractivity contribution >= 4 is 48.1 Å². The normalized spacial score (nSPS) is 11.0. The number of nitrogens with two attached hydrogens (primary N) is 1. The summed E-state index contributed by atoms with van der Waals surface area (Å²) in [5, 5.41) is 2.67. The van der Waals surface area contributed by atoms with Crippen LogP contribution in [0, 0.1) is 0 Å². The fourth-order valence-corrected chi connectivity index (χ4v) is 3.70. The molecule has 1 amide bonds. The van der Waals surface area contributed by atoms with E-state index in [1.54, 1.807) is 24.3 Å². The van der Waals surface area contributed by atoms with Crippen LogP contribution < -0.4 is 11.1 Å². The molecule has 0 saturated heterocycles. The van der Waals surface area contributed by atoms with Crippen molar-refractivity contribution in [2.24, 2.45) is 0 Å². The molecule has 1 rings (SSSR count). The summed E-state index contributed by atoms with van der Waals surface area (Å²) in [6.07, 6.45) is 0.986. The van der Waals surface area contributed by atoms with Crippen molar-refractivity contribution in [3.63, 3.8) is 0 Å². The summed E-state index contributed by atoms with van der Waals surface area (Å²) in [6.45, 7) is 0. The highest BCUT2D eigenvalue weighted by Crippen LogP contribution is 2.17. The van der Waals surface area contributed by atoms with Crippen molar-refractivity contribution in [1.29, 1.82) is 0 Å². The first-order valence-electron chi connectivity index (χ1n) is 6.43. The molecule has 2 radical (unpaired) electrons. The predicted octanol–water partition coefficient (Wildman–Crippen LogP) is 0.487. The molecule has 0 fully saturated rings. The summed E-state index contributed by atoms with van der Waals surface area (Å²) in [5.41, 5.74) is 6.72. The first-order valence-corrected chi connectivity index (χ1v) is 8.83. The Morgan fingerprint density at radius 3 is 2.48 bits per heavy atom. The molecule has 0 aliphatic carbocycles. The average molecular weight is 324 g/mol. The lowest BCUT2D eigenvalue weighted by molar-refractivity contribution is -0.116. The molecule has 0 spiro atoms. The Balaban J connectivity index is 2.32. The number of anilines is 2. The van der Waals surface area contributed by atoms with Crippen LogP contribution in [0.1, 0.15) is 19.3 Å². The molecule has 0 bridgehead atoms. The predicted molar refractivity (Wildman–Crippen MR) is 82.7 cm³/mol. The lowest BCUT2D eigenvalue weighted by Crippen LogP contribution is -2.19. The van der Waals surface area contributed by atoms with Crippen LogP contribution in [0.5, 0.6) is 0 Å². The largest absolute Gasteiger partial charge is 0.397 e. The van der Waals surface area contributed by atoms with E-state index < -0.39 is 20.2 Å². The smallest absolute Gasteiger partial charge is 0.243 e. The van der Waals surface area contributed by atoms with Gasteiger partial charge in [-0.05, 0) is 25.0 Å². The van der Waals surface area contributed by atoms with Crippen LogP contribution in [-0.4, -0.2) is 46.8 Å². The number of rotatable bonds is 8. The number of nitrogens with one attached hydrogen (secondary N) is 1. The van der Waals surface area contributed by atoms with Crippen molar-refractivity contribution < 1.29 is 18.0 Å². The maximum absolute atomic E-state index is 11.7. The molecule has 0 aromatic heterocycles. The number of hydrogen-bond acceptors (Lipinski definition) is 5. The Bertz CT molecular complexity index is 616. The lowest BCUT2D eigenvalue weighted by atomic mass is 10.2. The SMILES string of the molecule is Nc1ccccc1NC(=O)CCCCS(=O)(=O)C[C](=O)[Al]. The molecule has 3 N–H and O–H groups in total. The molecule has 0 saturated carbocycles. The van der Waals surface area contributed by atoms with Crippen molar-refractivity contribution in [2.45, 2.75) is 19.3 Å². The summed E-state index contributed by atoms with van der Waals surface area (Å²) in [6, 6.07) is 6.91. The molecule has 112 valence electrons. The van der Waals surface area contributed by atoms with Gasteiger partial charge in [-0.1, -0.05) is 12.1 Å². The van der Waals surface area contributed by atoms with Gasteiger partial charge in [-0.2, -0.15) is 0 Å². The van der Waals surface area contributed by atoms with E-state index in [1.165, 1.54) is 0 Å². The van der Waals surface area contributed by atoms with Gasteiger partial charge in [0.1, 0.15) is 0 Å². The Kier molecular flexibility index (Phi) is 6.89.